The summed E-state index contributed by atoms with van der Waals surface area (Å²) in [6.07, 6.45) is 0.610. The van der Waals surface area contributed by atoms with Crippen molar-refractivity contribution in [3.05, 3.63) is 0 Å². The molecule has 1 N–H and O–H groups in total. The zero-order chi connectivity index (χ0) is 11.0. The van der Waals surface area contributed by atoms with Gasteiger partial charge in [0.15, 0.2) is 6.17 Å². The summed E-state index contributed by atoms with van der Waals surface area (Å²) in [6.45, 7) is 0. The van der Waals surface area contributed by atoms with Gasteiger partial charge < -0.3 is 5.11 Å². The molecule has 0 radical (unpaired) electrons. The number of alkyl halides is 1. The van der Waals surface area contributed by atoms with Crippen molar-refractivity contribution in [2.75, 3.05) is 7.05 Å². The van der Waals surface area contributed by atoms with Gasteiger partial charge in [0.25, 0.3) is 0 Å². The van der Waals surface area contributed by atoms with Crippen LogP contribution in [0, 0.1) is 0 Å². The minimum absolute atomic E-state index is 0.0630. The van der Waals surface area contributed by atoms with E-state index in [9.17, 15) is 9.18 Å². The lowest BCUT2D eigenvalue weighted by Crippen LogP contribution is -2.60. The van der Waals surface area contributed by atoms with Crippen LogP contribution in [0.25, 0.3) is 0 Å². The number of carboxylic acid groups (broad SMARTS) is 1. The van der Waals surface area contributed by atoms with Crippen LogP contribution in [0.1, 0.15) is 25.7 Å². The van der Waals surface area contributed by atoms with Crippen molar-refractivity contribution in [3.8, 4) is 0 Å². The number of hydrogen-bond acceptors (Lipinski definition) is 2. The topological polar surface area (TPSA) is 52.9 Å². The number of hydrogen-bond donors (Lipinski definition) is 1. The average molecular weight is 214 g/mol. The molecule has 2 rings (SSSR count). The molecule has 0 aromatic carbocycles. The zero-order valence-electron chi connectivity index (χ0n) is 8.69. The van der Waals surface area contributed by atoms with E-state index in [1.165, 1.54) is 4.90 Å². The van der Waals surface area contributed by atoms with Gasteiger partial charge in [0, 0.05) is 19.5 Å². The molecule has 0 aliphatic carbocycles. The first-order valence-corrected chi connectivity index (χ1v) is 5.26. The third kappa shape index (κ3) is 1.60. The molecule has 0 aromatic rings. The Balaban J connectivity index is 2.28. The molecule has 4 nitrogen and oxygen atoms in total. The Kier molecular flexibility index (Phi) is 2.63. The van der Waals surface area contributed by atoms with E-state index in [1.807, 2.05) is 0 Å². The summed E-state index contributed by atoms with van der Waals surface area (Å²) in [7, 11) is 1.58. The number of nitrogens with zero attached hydrogens (tertiary/aromatic N) is 2. The summed E-state index contributed by atoms with van der Waals surface area (Å²) in [4.78, 5) is 16.2. The molecule has 5 heteroatoms. The summed E-state index contributed by atoms with van der Waals surface area (Å²) in [5, 5.41) is 9.04. The molecule has 0 spiro atoms. The second kappa shape index (κ2) is 3.79. The normalized spacial score (nSPS) is 38.1. The maximum absolute atomic E-state index is 13.9. The van der Waals surface area contributed by atoms with Gasteiger partial charge in [-0.05, 0) is 19.3 Å². The standard InChI is InChI=1S/C10H15FN2O2/c1-12-7-5-6-3-2-4-8(9(7)11)13(6)10(14)15/h6,8-9H,2-5H2,1H3,(H,14,15)/t6-,8+,9-/m1/s1. The van der Waals surface area contributed by atoms with E-state index >= 15 is 0 Å². The van der Waals surface area contributed by atoms with Crippen molar-refractivity contribution < 1.29 is 14.3 Å². The highest BCUT2D eigenvalue weighted by molar-refractivity contribution is 5.92. The lowest BCUT2D eigenvalue weighted by atomic mass is 9.82. The van der Waals surface area contributed by atoms with Crippen LogP contribution in [-0.4, -0.2) is 47.1 Å². The largest absolute Gasteiger partial charge is 0.465 e. The van der Waals surface area contributed by atoms with Gasteiger partial charge in [-0.3, -0.25) is 9.89 Å². The Morgan fingerprint density at radius 2 is 2.33 bits per heavy atom. The fraction of sp³-hybridized carbons (Fsp3) is 0.800. The molecule has 2 bridgehead atoms. The second-order valence-corrected chi connectivity index (χ2v) is 4.16. The fourth-order valence-corrected chi connectivity index (χ4v) is 2.69. The van der Waals surface area contributed by atoms with Gasteiger partial charge in [0.05, 0.1) is 11.8 Å². The second-order valence-electron chi connectivity index (χ2n) is 4.16. The Morgan fingerprint density at radius 3 is 2.93 bits per heavy atom. The molecule has 0 saturated carbocycles. The summed E-state index contributed by atoms with van der Waals surface area (Å²) in [5.41, 5.74) is 0.530. The van der Waals surface area contributed by atoms with E-state index in [4.69, 9.17) is 5.11 Å². The van der Waals surface area contributed by atoms with Gasteiger partial charge in [0.2, 0.25) is 0 Å². The van der Waals surface area contributed by atoms with Crippen LogP contribution < -0.4 is 0 Å². The fourth-order valence-electron chi connectivity index (χ4n) is 2.69. The molecule has 2 aliphatic heterocycles. The van der Waals surface area contributed by atoms with E-state index in [1.54, 1.807) is 7.05 Å². The Morgan fingerprint density at radius 1 is 1.60 bits per heavy atom. The third-order valence-electron chi connectivity index (χ3n) is 3.40. The van der Waals surface area contributed by atoms with Crippen molar-refractivity contribution in [1.29, 1.82) is 0 Å². The SMILES string of the molecule is CN=C1C[C@H]2CCC[C@@H]([C@@H]1F)N2C(=O)O. The van der Waals surface area contributed by atoms with Gasteiger partial charge in [-0.15, -0.1) is 0 Å². The Bertz CT molecular complexity index is 306. The van der Waals surface area contributed by atoms with Gasteiger partial charge in [-0.25, -0.2) is 9.18 Å². The van der Waals surface area contributed by atoms with Crippen LogP contribution >= 0.6 is 0 Å². The molecule has 0 unspecified atom stereocenters. The summed E-state index contributed by atoms with van der Waals surface area (Å²) in [6, 6.07) is -0.569. The summed E-state index contributed by atoms with van der Waals surface area (Å²) >= 11 is 0. The van der Waals surface area contributed by atoms with Crippen molar-refractivity contribution >= 4 is 11.8 Å². The number of halogens is 1. The van der Waals surface area contributed by atoms with Crippen LogP contribution in [0.4, 0.5) is 9.18 Å². The van der Waals surface area contributed by atoms with E-state index in [0.717, 1.165) is 12.8 Å². The highest BCUT2D eigenvalue weighted by Crippen LogP contribution is 2.34. The zero-order valence-corrected chi connectivity index (χ0v) is 8.69. The molecule has 3 atom stereocenters. The first kappa shape index (κ1) is 10.4. The number of fused-ring (bicyclic) bond motifs is 2. The van der Waals surface area contributed by atoms with Crippen molar-refractivity contribution in [2.45, 2.75) is 43.9 Å². The predicted molar refractivity (Wildman–Crippen MR) is 54.2 cm³/mol. The third-order valence-corrected chi connectivity index (χ3v) is 3.40. The minimum atomic E-state index is -1.21. The van der Waals surface area contributed by atoms with Crippen LogP contribution in [-0.2, 0) is 0 Å². The molecule has 2 heterocycles. The van der Waals surface area contributed by atoms with Gasteiger partial charge in [-0.2, -0.15) is 0 Å². The maximum Gasteiger partial charge on any atom is 0.407 e. The first-order valence-electron chi connectivity index (χ1n) is 5.26. The van der Waals surface area contributed by atoms with Gasteiger partial charge in [-0.1, -0.05) is 0 Å². The summed E-state index contributed by atoms with van der Waals surface area (Å²) in [5.74, 6) is 0. The van der Waals surface area contributed by atoms with E-state index in [0.29, 0.717) is 18.6 Å². The molecule has 15 heavy (non-hydrogen) atoms. The molecular formula is C10H15FN2O2. The lowest BCUT2D eigenvalue weighted by Gasteiger charge is -2.46. The Labute approximate surface area is 87.8 Å². The van der Waals surface area contributed by atoms with Crippen LogP contribution in [0.2, 0.25) is 0 Å². The number of amides is 1. The van der Waals surface area contributed by atoms with E-state index < -0.39 is 18.3 Å². The van der Waals surface area contributed by atoms with Crippen LogP contribution in [0.5, 0.6) is 0 Å². The monoisotopic (exact) mass is 214 g/mol. The van der Waals surface area contributed by atoms with Crippen LogP contribution in [0.15, 0.2) is 4.99 Å². The molecule has 1 amide bonds. The highest BCUT2D eigenvalue weighted by atomic mass is 19.1. The number of carbonyl (C=O) groups is 1. The quantitative estimate of drug-likeness (QED) is 0.667. The van der Waals surface area contributed by atoms with Gasteiger partial charge >= 0.3 is 6.09 Å². The maximum atomic E-state index is 13.9. The van der Waals surface area contributed by atoms with Gasteiger partial charge in [0.1, 0.15) is 0 Å². The van der Waals surface area contributed by atoms with Crippen LogP contribution in [0.3, 0.4) is 0 Å². The first-order chi connectivity index (χ1) is 7.15. The lowest BCUT2D eigenvalue weighted by molar-refractivity contribution is 0.0392. The predicted octanol–water partition coefficient (Wildman–Crippen LogP) is 1.70. The minimum Gasteiger partial charge on any atom is -0.465 e. The smallest absolute Gasteiger partial charge is 0.407 e. The molecule has 2 aliphatic rings. The highest BCUT2D eigenvalue weighted by Gasteiger charge is 2.45. The molecule has 2 saturated heterocycles. The molecule has 2 fully saturated rings. The molecule has 0 aromatic heterocycles. The summed E-state index contributed by atoms with van der Waals surface area (Å²) < 4.78 is 13.9. The van der Waals surface area contributed by atoms with Crippen molar-refractivity contribution in [2.24, 2.45) is 4.99 Å². The number of aliphatic imine (C=N–C) groups is 1. The number of piperidine rings is 2. The van der Waals surface area contributed by atoms with E-state index in [-0.39, 0.29) is 6.04 Å². The van der Waals surface area contributed by atoms with Crippen molar-refractivity contribution in [1.82, 2.24) is 4.90 Å². The molecular weight excluding hydrogens is 199 g/mol. The number of rotatable bonds is 0. The average Bonchev–Trinajstić information content (AvgIpc) is 2.22. The van der Waals surface area contributed by atoms with E-state index in [2.05, 4.69) is 4.99 Å². The molecule has 84 valence electrons. The Hall–Kier alpha value is -1.13. The van der Waals surface area contributed by atoms with Crippen molar-refractivity contribution in [3.63, 3.8) is 0 Å².